The van der Waals surface area contributed by atoms with Crippen LogP contribution in [0, 0.1) is 0 Å². The maximum atomic E-state index is 13.7. The van der Waals surface area contributed by atoms with Crippen LogP contribution >= 0.6 is 59.7 Å². The van der Waals surface area contributed by atoms with Crippen LogP contribution in [0.15, 0.2) is 99.8 Å². The second-order valence-electron chi connectivity index (χ2n) is 20.6. The number of furan rings is 2. The minimum absolute atomic E-state index is 0. The first-order valence-electron chi connectivity index (χ1n) is 29.3. The van der Waals surface area contributed by atoms with E-state index in [1.54, 1.807) is 72.8 Å². The molecule has 0 atom stereocenters. The number of hydrogen-bond acceptors (Lipinski definition) is 12. The summed E-state index contributed by atoms with van der Waals surface area (Å²) in [6.45, 7) is 21.2. The Hall–Kier alpha value is -3.14. The third-order valence-corrected chi connectivity index (χ3v) is 14.4. The van der Waals surface area contributed by atoms with Gasteiger partial charge in [-0.25, -0.2) is 16.8 Å². The number of carbonyl (C=O) groups excluding carboxylic acids is 2. The number of hydrogen-bond donors (Lipinski definition) is 2. The average molecular weight is 1450 g/mol. The molecule has 85 heavy (non-hydrogen) atoms. The predicted octanol–water partition coefficient (Wildman–Crippen LogP) is 17.7. The summed E-state index contributed by atoms with van der Waals surface area (Å²) in [5.41, 5.74) is 3.84. The second kappa shape index (κ2) is 42.0. The third-order valence-electron chi connectivity index (χ3n) is 13.0. The molecule has 0 spiro atoms. The van der Waals surface area contributed by atoms with Crippen molar-refractivity contribution in [3.05, 3.63) is 119 Å². The van der Waals surface area contributed by atoms with E-state index in [-0.39, 0.29) is 18.2 Å². The predicted molar refractivity (Wildman–Crippen MR) is 362 cm³/mol. The number of ketones is 1. The van der Waals surface area contributed by atoms with Gasteiger partial charge in [0.05, 0.1) is 31.3 Å². The molecule has 0 amide bonds. The van der Waals surface area contributed by atoms with Gasteiger partial charge < -0.3 is 28.1 Å². The van der Waals surface area contributed by atoms with Crippen molar-refractivity contribution in [1.29, 1.82) is 0 Å². The van der Waals surface area contributed by atoms with Crippen LogP contribution in [0.2, 0.25) is 0 Å². The van der Waals surface area contributed by atoms with Gasteiger partial charge in [0, 0.05) is 59.2 Å². The normalized spacial score (nSPS) is 11.5. The first kappa shape index (κ1) is 78.0. The van der Waals surface area contributed by atoms with E-state index < -0.39 is 39.2 Å². The Morgan fingerprint density at radius 2 is 0.918 bits per heavy atom. The Kier molecular flexibility index (Phi) is 38.5. The molecule has 0 fully saturated rings. The molecule has 2 N–H and O–H groups in total. The SMILES string of the molecule is CCCCN(CCCC)CCCOc1ccc(C(=O)Cl)cc1.CCCCc1cc2cc(NS(C)(=O)=O)ccc2o1.CCCCc1oc2ccc(NS(C)(=O)=O)cc2c1C(=O)c1ccc(OCCCN(CCCC)CCCC)cc1.Cl.[Cl][Sn]([Cl])([Cl])[Cl]. The van der Waals surface area contributed by atoms with E-state index in [4.69, 9.17) is 65.6 Å². The van der Waals surface area contributed by atoms with E-state index in [0.29, 0.717) is 64.4 Å². The van der Waals surface area contributed by atoms with E-state index in [2.05, 4.69) is 60.8 Å². The number of aryl methyl sites for hydroxylation is 2. The van der Waals surface area contributed by atoms with Crippen molar-refractivity contribution < 1.29 is 44.7 Å². The van der Waals surface area contributed by atoms with Crippen molar-refractivity contribution in [2.24, 2.45) is 0 Å². The molecule has 0 aliphatic heterocycles. The van der Waals surface area contributed by atoms with Gasteiger partial charge in [-0.15, -0.1) is 12.4 Å². The summed E-state index contributed by atoms with van der Waals surface area (Å²) >= 11 is 2.12. The van der Waals surface area contributed by atoms with E-state index in [9.17, 15) is 26.4 Å². The van der Waals surface area contributed by atoms with Gasteiger partial charge >= 0.3 is 49.6 Å². The zero-order chi connectivity index (χ0) is 62.1. The van der Waals surface area contributed by atoms with Crippen LogP contribution in [-0.2, 0) is 32.9 Å². The third kappa shape index (κ3) is 33.3. The van der Waals surface area contributed by atoms with E-state index >= 15 is 0 Å². The molecule has 2 heterocycles. The molecule has 14 nitrogen and oxygen atoms in total. The van der Waals surface area contributed by atoms with Crippen LogP contribution in [0.1, 0.15) is 169 Å². The van der Waals surface area contributed by atoms with Crippen LogP contribution < -0.4 is 18.9 Å². The van der Waals surface area contributed by atoms with Gasteiger partial charge in [-0.3, -0.25) is 19.0 Å². The Labute approximate surface area is 537 Å². The number of nitrogens with zero attached hydrogens (tertiary/aromatic N) is 2. The number of nitrogens with one attached hydrogen (secondary N) is 2. The quantitative estimate of drug-likeness (QED) is 0.0167. The van der Waals surface area contributed by atoms with Crippen molar-refractivity contribution in [3.63, 3.8) is 0 Å². The monoisotopic (exact) mass is 1440 g/mol. The van der Waals surface area contributed by atoms with Crippen LogP contribution in [0.4, 0.5) is 11.4 Å². The van der Waals surface area contributed by atoms with Gasteiger partial charge in [0.2, 0.25) is 20.0 Å². The fourth-order valence-corrected chi connectivity index (χ4v) is 9.96. The van der Waals surface area contributed by atoms with Gasteiger partial charge in [0.1, 0.15) is 34.2 Å². The number of fused-ring (bicyclic) bond motifs is 2. The first-order chi connectivity index (χ1) is 39.9. The number of sulfonamides is 2. The van der Waals surface area contributed by atoms with Crippen molar-refractivity contribution in [1.82, 2.24) is 9.80 Å². The molecule has 2 aromatic heterocycles. The van der Waals surface area contributed by atoms with Crippen LogP contribution in [0.5, 0.6) is 11.5 Å². The van der Waals surface area contributed by atoms with Gasteiger partial charge in [-0.2, -0.15) is 0 Å². The number of halogens is 6. The number of rotatable bonds is 35. The molecule has 476 valence electrons. The van der Waals surface area contributed by atoms with Gasteiger partial charge in [-0.05, 0) is 180 Å². The van der Waals surface area contributed by atoms with Crippen LogP contribution in [-0.4, -0.2) is 117 Å². The van der Waals surface area contributed by atoms with Gasteiger partial charge in [0.15, 0.2) is 5.78 Å². The number of unbranched alkanes of at least 4 members (excludes halogenated alkanes) is 6. The summed E-state index contributed by atoms with van der Waals surface area (Å²) in [5.74, 6) is 2.96. The number of ether oxygens (including phenoxy) is 2. The molecule has 0 aliphatic carbocycles. The molecule has 0 saturated heterocycles. The summed E-state index contributed by atoms with van der Waals surface area (Å²) in [7, 11) is 13.5. The summed E-state index contributed by atoms with van der Waals surface area (Å²) < 4.78 is 74.2. The van der Waals surface area contributed by atoms with Crippen LogP contribution in [0.25, 0.3) is 21.9 Å². The van der Waals surface area contributed by atoms with Crippen molar-refractivity contribution in [2.45, 2.75) is 144 Å². The molecule has 23 heteroatoms. The van der Waals surface area contributed by atoms with Gasteiger partial charge in [0.25, 0.3) is 5.24 Å². The summed E-state index contributed by atoms with van der Waals surface area (Å²) in [6.07, 6.45) is 19.7. The number of carbonyl (C=O) groups is 2. The Morgan fingerprint density at radius 1 is 0.518 bits per heavy atom. The first-order valence-corrected chi connectivity index (χ1v) is 48.0. The molecular formula is C62H90Cl6N4O10S2Sn. The van der Waals surface area contributed by atoms with E-state index in [0.717, 1.165) is 112 Å². The molecule has 0 radical (unpaired) electrons. The minimum atomic E-state index is -3.45. The zero-order valence-electron chi connectivity index (χ0n) is 50.7. The van der Waals surface area contributed by atoms with Crippen LogP contribution in [0.3, 0.4) is 0 Å². The van der Waals surface area contributed by atoms with Crippen molar-refractivity contribution in [3.8, 4) is 11.5 Å². The Balaban J connectivity index is 0.000000451. The molecule has 0 unspecified atom stereocenters. The average Bonchev–Trinajstić information content (AvgIpc) is 2.42. The van der Waals surface area contributed by atoms with Crippen molar-refractivity contribution in [2.75, 3.05) is 74.4 Å². The zero-order valence-corrected chi connectivity index (χ0v) is 59.8. The Morgan fingerprint density at radius 3 is 1.34 bits per heavy atom. The molecule has 6 aromatic rings. The topological polar surface area (TPSA) is 178 Å². The molecular weight excluding hydrogens is 1360 g/mol. The maximum absolute atomic E-state index is 13.7. The Bertz CT molecular complexity index is 3070. The fraction of sp³-hybridized carbons (Fsp3) is 0.516. The molecule has 6 rings (SSSR count). The molecule has 0 saturated carbocycles. The summed E-state index contributed by atoms with van der Waals surface area (Å²) in [5, 5.41) is 1.10. The van der Waals surface area contributed by atoms with E-state index in [1.165, 1.54) is 64.5 Å². The summed E-state index contributed by atoms with van der Waals surface area (Å²) in [6, 6.07) is 26.5. The molecule has 4 aromatic carbocycles. The van der Waals surface area contributed by atoms with Crippen molar-refractivity contribution >= 4 is 138 Å². The number of anilines is 2. The molecule has 0 bridgehead atoms. The molecule has 0 aliphatic rings. The van der Waals surface area contributed by atoms with Gasteiger partial charge in [-0.1, -0.05) is 80.1 Å². The fourth-order valence-electron chi connectivity index (χ4n) is 8.72. The van der Waals surface area contributed by atoms with E-state index in [1.807, 2.05) is 18.2 Å². The second-order valence-corrected chi connectivity index (χ2v) is 49.9. The number of benzene rings is 4. The standard InChI is InChI=1S/C31H44N2O5S.C18H28ClNO2.C13H17NO3S.5ClH.Sn/c1-5-8-12-29-30(27-23-25(32-39(4,35)36)15-18-28(27)38-29)31(34)24-13-16-26(17-14-24)37-22-11-21-33(19-9-6-2)20-10-7-3;1-3-5-12-20(13-6-4-2)14-7-15-22-17-10-8-16(9-11-17)18(19)21;1-3-4-5-12-9-10-8-11(14-18(2,15)16)6-7-13(10)17-12;;;;;;/h13-18,23,32H,5-12,19-22H2,1-4H3;8-11H,3-7,12-15H2,1-2H3;6-9,14H,3-5H2,1-2H3;5*1H;/q;;;;;;;;+4/p-4. The summed E-state index contributed by atoms with van der Waals surface area (Å²) in [4.78, 5) is 29.7.